The van der Waals surface area contributed by atoms with Crippen molar-refractivity contribution in [3.8, 4) is 11.5 Å². The Kier molecular flexibility index (Phi) is 4.17. The minimum absolute atomic E-state index is 0.492. The third kappa shape index (κ3) is 2.27. The average Bonchev–Trinajstić information content (AvgIpc) is 2.29. The number of benzene rings is 1. The van der Waals surface area contributed by atoms with Crippen molar-refractivity contribution in [2.45, 2.75) is 19.3 Å². The Balaban J connectivity index is 3.31. The van der Waals surface area contributed by atoms with Crippen LogP contribution in [-0.2, 0) is 4.79 Å². The summed E-state index contributed by atoms with van der Waals surface area (Å²) >= 11 is 0. The van der Waals surface area contributed by atoms with E-state index in [1.807, 2.05) is 6.92 Å². The molecule has 88 valence electrons. The summed E-state index contributed by atoms with van der Waals surface area (Å²) in [6.07, 6.45) is 0.492. The van der Waals surface area contributed by atoms with Gasteiger partial charge in [-0.05, 0) is 18.6 Å². The molecule has 0 spiro atoms. The second-order valence-electron chi connectivity index (χ2n) is 3.38. The summed E-state index contributed by atoms with van der Waals surface area (Å²) in [5, 5.41) is 9.16. The molecule has 0 aliphatic rings. The summed E-state index contributed by atoms with van der Waals surface area (Å²) in [5.41, 5.74) is 0.600. The van der Waals surface area contributed by atoms with Gasteiger partial charge in [-0.3, -0.25) is 4.79 Å². The number of hydrogen-bond donors (Lipinski definition) is 1. The lowest BCUT2D eigenvalue weighted by atomic mass is 9.94. The molecule has 0 fully saturated rings. The maximum absolute atomic E-state index is 11.2. The Hall–Kier alpha value is -1.71. The van der Waals surface area contributed by atoms with Gasteiger partial charge < -0.3 is 14.6 Å². The monoisotopic (exact) mass is 224 g/mol. The first kappa shape index (κ1) is 12.4. The lowest BCUT2D eigenvalue weighted by Crippen LogP contribution is -2.13. The molecular weight excluding hydrogens is 208 g/mol. The third-order valence-corrected chi connectivity index (χ3v) is 2.52. The van der Waals surface area contributed by atoms with Crippen LogP contribution in [0, 0.1) is 0 Å². The van der Waals surface area contributed by atoms with Crippen LogP contribution in [0.5, 0.6) is 11.5 Å². The second kappa shape index (κ2) is 5.39. The van der Waals surface area contributed by atoms with Crippen LogP contribution in [0.2, 0.25) is 0 Å². The molecule has 0 radical (unpaired) electrons. The zero-order valence-electron chi connectivity index (χ0n) is 9.69. The summed E-state index contributed by atoms with van der Waals surface area (Å²) in [7, 11) is 3.04. The summed E-state index contributed by atoms with van der Waals surface area (Å²) < 4.78 is 10.4. The van der Waals surface area contributed by atoms with Crippen LogP contribution < -0.4 is 9.47 Å². The molecule has 0 bridgehead atoms. The predicted molar refractivity (Wildman–Crippen MR) is 60.2 cm³/mol. The first-order chi connectivity index (χ1) is 7.65. The van der Waals surface area contributed by atoms with Crippen LogP contribution in [0.25, 0.3) is 0 Å². The number of carbonyl (C=O) groups is 1. The molecular formula is C12H16O4. The van der Waals surface area contributed by atoms with Gasteiger partial charge in [0.15, 0.2) is 0 Å². The highest BCUT2D eigenvalue weighted by molar-refractivity contribution is 5.78. The van der Waals surface area contributed by atoms with E-state index < -0.39 is 11.9 Å². The van der Waals surface area contributed by atoms with Crippen molar-refractivity contribution in [3.05, 3.63) is 23.8 Å². The van der Waals surface area contributed by atoms with Crippen molar-refractivity contribution in [2.24, 2.45) is 0 Å². The Labute approximate surface area is 94.8 Å². The highest BCUT2D eigenvalue weighted by Gasteiger charge is 2.25. The Morgan fingerprint density at radius 1 is 1.31 bits per heavy atom. The number of aliphatic carboxylic acids is 1. The normalized spacial score (nSPS) is 11.9. The molecule has 0 aromatic heterocycles. The van der Waals surface area contributed by atoms with E-state index in [4.69, 9.17) is 14.6 Å². The number of carboxylic acids is 1. The van der Waals surface area contributed by atoms with E-state index in [9.17, 15) is 4.79 Å². The van der Waals surface area contributed by atoms with Crippen LogP contribution in [0.1, 0.15) is 24.8 Å². The lowest BCUT2D eigenvalue weighted by molar-refractivity contribution is -0.138. The highest BCUT2D eigenvalue weighted by atomic mass is 16.5. The van der Waals surface area contributed by atoms with Gasteiger partial charge in [0.05, 0.1) is 25.7 Å². The van der Waals surface area contributed by atoms with Crippen molar-refractivity contribution >= 4 is 5.97 Å². The van der Waals surface area contributed by atoms with Crippen molar-refractivity contribution in [1.29, 1.82) is 0 Å². The number of methoxy groups -OCH3 is 2. The average molecular weight is 224 g/mol. The van der Waals surface area contributed by atoms with Crippen LogP contribution in [0.15, 0.2) is 18.2 Å². The summed E-state index contributed by atoms with van der Waals surface area (Å²) in [4.78, 5) is 11.2. The Bertz CT molecular complexity index is 351. The second-order valence-corrected chi connectivity index (χ2v) is 3.38. The standard InChI is InChI=1S/C12H16O4/c1-4-8(12(13)14)11-9(15-2)6-5-7-10(11)16-3/h5-8H,4H2,1-3H3,(H,13,14). The van der Waals surface area contributed by atoms with E-state index in [2.05, 4.69) is 0 Å². The number of rotatable bonds is 5. The van der Waals surface area contributed by atoms with E-state index in [0.717, 1.165) is 0 Å². The smallest absolute Gasteiger partial charge is 0.311 e. The van der Waals surface area contributed by atoms with E-state index in [0.29, 0.717) is 23.5 Å². The van der Waals surface area contributed by atoms with Crippen LogP contribution in [0.4, 0.5) is 0 Å². The molecule has 0 saturated heterocycles. The molecule has 0 amide bonds. The van der Waals surface area contributed by atoms with Crippen molar-refractivity contribution in [2.75, 3.05) is 14.2 Å². The van der Waals surface area contributed by atoms with Gasteiger partial charge in [-0.25, -0.2) is 0 Å². The van der Waals surface area contributed by atoms with Gasteiger partial charge in [0.25, 0.3) is 0 Å². The maximum atomic E-state index is 11.2. The van der Waals surface area contributed by atoms with Gasteiger partial charge in [-0.15, -0.1) is 0 Å². The van der Waals surface area contributed by atoms with Crippen LogP contribution in [-0.4, -0.2) is 25.3 Å². The zero-order valence-corrected chi connectivity index (χ0v) is 9.69. The topological polar surface area (TPSA) is 55.8 Å². The third-order valence-electron chi connectivity index (χ3n) is 2.52. The molecule has 1 N–H and O–H groups in total. The fraction of sp³-hybridized carbons (Fsp3) is 0.417. The molecule has 4 nitrogen and oxygen atoms in total. The number of ether oxygens (including phenoxy) is 2. The molecule has 1 aromatic carbocycles. The molecule has 0 heterocycles. The number of carboxylic acid groups (broad SMARTS) is 1. The Morgan fingerprint density at radius 3 is 2.12 bits per heavy atom. The summed E-state index contributed by atoms with van der Waals surface area (Å²) in [6.45, 7) is 1.82. The van der Waals surface area contributed by atoms with Crippen LogP contribution >= 0.6 is 0 Å². The van der Waals surface area contributed by atoms with Crippen molar-refractivity contribution < 1.29 is 19.4 Å². The molecule has 0 saturated carbocycles. The SMILES string of the molecule is CCC(C(=O)O)c1c(OC)cccc1OC. The molecule has 0 aliphatic heterocycles. The maximum Gasteiger partial charge on any atom is 0.311 e. The Morgan fingerprint density at radius 2 is 1.81 bits per heavy atom. The van der Waals surface area contributed by atoms with E-state index in [-0.39, 0.29) is 0 Å². The molecule has 1 unspecified atom stereocenters. The van der Waals surface area contributed by atoms with E-state index >= 15 is 0 Å². The molecule has 0 aliphatic carbocycles. The number of hydrogen-bond acceptors (Lipinski definition) is 3. The van der Waals surface area contributed by atoms with Gasteiger partial charge in [0.1, 0.15) is 11.5 Å². The lowest BCUT2D eigenvalue weighted by Gasteiger charge is -2.17. The van der Waals surface area contributed by atoms with Crippen molar-refractivity contribution in [3.63, 3.8) is 0 Å². The van der Waals surface area contributed by atoms with Gasteiger partial charge >= 0.3 is 5.97 Å². The minimum Gasteiger partial charge on any atom is -0.496 e. The summed E-state index contributed by atoms with van der Waals surface area (Å²) in [5.74, 6) is -0.376. The molecule has 1 rings (SSSR count). The van der Waals surface area contributed by atoms with E-state index in [1.165, 1.54) is 14.2 Å². The summed E-state index contributed by atoms with van der Waals surface area (Å²) in [6, 6.07) is 5.25. The predicted octanol–water partition coefficient (Wildman–Crippen LogP) is 2.28. The quantitative estimate of drug-likeness (QED) is 0.833. The first-order valence-corrected chi connectivity index (χ1v) is 5.09. The molecule has 4 heteroatoms. The van der Waals surface area contributed by atoms with Crippen LogP contribution in [0.3, 0.4) is 0 Å². The van der Waals surface area contributed by atoms with Gasteiger partial charge in [-0.1, -0.05) is 13.0 Å². The van der Waals surface area contributed by atoms with Gasteiger partial charge in [0, 0.05) is 0 Å². The van der Waals surface area contributed by atoms with E-state index in [1.54, 1.807) is 18.2 Å². The molecule has 1 atom stereocenters. The molecule has 1 aromatic rings. The molecule has 16 heavy (non-hydrogen) atoms. The fourth-order valence-corrected chi connectivity index (χ4v) is 1.73. The zero-order chi connectivity index (χ0) is 12.1. The van der Waals surface area contributed by atoms with Gasteiger partial charge in [-0.2, -0.15) is 0 Å². The minimum atomic E-state index is -0.870. The van der Waals surface area contributed by atoms with Gasteiger partial charge in [0.2, 0.25) is 0 Å². The highest BCUT2D eigenvalue weighted by Crippen LogP contribution is 2.36. The fourth-order valence-electron chi connectivity index (χ4n) is 1.73. The largest absolute Gasteiger partial charge is 0.496 e. The van der Waals surface area contributed by atoms with Crippen molar-refractivity contribution in [1.82, 2.24) is 0 Å². The first-order valence-electron chi connectivity index (χ1n) is 5.09.